The Morgan fingerprint density at radius 1 is 1.36 bits per heavy atom. The highest BCUT2D eigenvalue weighted by molar-refractivity contribution is 7.89. The Balaban J connectivity index is 1.78. The summed E-state index contributed by atoms with van der Waals surface area (Å²) in [4.78, 5) is 0.268. The van der Waals surface area contributed by atoms with Crippen LogP contribution in [0, 0.1) is 6.92 Å². The van der Waals surface area contributed by atoms with Crippen LogP contribution < -0.4 is 9.46 Å². The molecule has 2 aromatic rings. The highest BCUT2D eigenvalue weighted by Gasteiger charge is 2.25. The van der Waals surface area contributed by atoms with Crippen molar-refractivity contribution in [3.05, 3.63) is 41.7 Å². The molecule has 1 N–H and O–H groups in total. The molecule has 0 spiro atoms. The zero-order chi connectivity index (χ0) is 15.7. The summed E-state index contributed by atoms with van der Waals surface area (Å²) in [5.41, 5.74) is 1.86. The third kappa shape index (κ3) is 2.86. The second-order valence-electron chi connectivity index (χ2n) is 5.49. The maximum absolute atomic E-state index is 12.5. The van der Waals surface area contributed by atoms with Crippen molar-refractivity contribution in [2.75, 3.05) is 7.11 Å². The van der Waals surface area contributed by atoms with E-state index in [0.29, 0.717) is 12.2 Å². The largest absolute Gasteiger partial charge is 0.496 e. The number of methoxy groups -OCH3 is 1. The summed E-state index contributed by atoms with van der Waals surface area (Å²) < 4.78 is 34.9. The molecule has 1 aromatic heterocycles. The molecule has 0 saturated heterocycles. The van der Waals surface area contributed by atoms with Gasteiger partial charge in [0.25, 0.3) is 0 Å². The Hall–Kier alpha value is -1.86. The fourth-order valence-electron chi connectivity index (χ4n) is 2.77. The summed E-state index contributed by atoms with van der Waals surface area (Å²) in [5, 5.41) is 4.20. The van der Waals surface area contributed by atoms with E-state index < -0.39 is 10.0 Å². The summed E-state index contributed by atoms with van der Waals surface area (Å²) in [5.74, 6) is 0.681. The average molecular weight is 321 g/mol. The van der Waals surface area contributed by atoms with E-state index >= 15 is 0 Å². The van der Waals surface area contributed by atoms with E-state index in [2.05, 4.69) is 9.82 Å². The molecule has 2 heterocycles. The van der Waals surface area contributed by atoms with E-state index in [9.17, 15) is 8.42 Å². The lowest BCUT2D eigenvalue weighted by molar-refractivity contribution is 0.410. The van der Waals surface area contributed by atoms with Crippen LogP contribution in [-0.4, -0.2) is 31.3 Å². The van der Waals surface area contributed by atoms with Gasteiger partial charge in [-0.25, -0.2) is 13.1 Å². The smallest absolute Gasteiger partial charge is 0.240 e. The number of nitrogens with one attached hydrogen (secondary N) is 1. The van der Waals surface area contributed by atoms with Gasteiger partial charge in [0, 0.05) is 30.9 Å². The number of benzene rings is 1. The maximum atomic E-state index is 12.5. The van der Waals surface area contributed by atoms with Crippen LogP contribution in [0.4, 0.5) is 0 Å². The summed E-state index contributed by atoms with van der Waals surface area (Å²) >= 11 is 0. The van der Waals surface area contributed by atoms with Gasteiger partial charge in [0.05, 0.1) is 12.0 Å². The Morgan fingerprint density at radius 3 is 2.91 bits per heavy atom. The van der Waals surface area contributed by atoms with Crippen molar-refractivity contribution >= 4 is 10.0 Å². The van der Waals surface area contributed by atoms with Crippen LogP contribution in [0.5, 0.6) is 5.75 Å². The molecule has 0 saturated carbocycles. The number of hydrogen-bond acceptors (Lipinski definition) is 4. The molecule has 7 heteroatoms. The zero-order valence-corrected chi connectivity index (χ0v) is 13.4. The molecule has 0 aliphatic carbocycles. The molecule has 0 amide bonds. The Bertz CT molecular complexity index is 783. The SMILES string of the molecule is COc1ccc(S(=O)(=O)N[C@H]2CCn3nccc3C2)cc1C. The van der Waals surface area contributed by atoms with Crippen molar-refractivity contribution in [3.8, 4) is 5.75 Å². The summed E-state index contributed by atoms with van der Waals surface area (Å²) in [6.45, 7) is 2.56. The van der Waals surface area contributed by atoms with Gasteiger partial charge in [-0.05, 0) is 43.2 Å². The standard InChI is InChI=1S/C15H19N3O3S/c1-11-9-14(3-4-15(11)21-2)22(19,20)17-12-6-8-18-13(10-12)5-7-16-18/h3-5,7,9,12,17H,6,8,10H2,1-2H3/t12-/m0/s1. The van der Waals surface area contributed by atoms with Crippen LogP contribution in [0.1, 0.15) is 17.7 Å². The van der Waals surface area contributed by atoms with Crippen LogP contribution >= 0.6 is 0 Å². The number of nitrogens with zero attached hydrogens (tertiary/aromatic N) is 2. The molecule has 1 aromatic carbocycles. The highest BCUT2D eigenvalue weighted by atomic mass is 32.2. The van der Waals surface area contributed by atoms with E-state index in [1.165, 1.54) is 0 Å². The van der Waals surface area contributed by atoms with Gasteiger partial charge in [0.1, 0.15) is 5.75 Å². The molecule has 22 heavy (non-hydrogen) atoms. The third-order valence-corrected chi connectivity index (χ3v) is 5.47. The van der Waals surface area contributed by atoms with Gasteiger partial charge >= 0.3 is 0 Å². The van der Waals surface area contributed by atoms with Crippen LogP contribution in [0.15, 0.2) is 35.4 Å². The third-order valence-electron chi connectivity index (χ3n) is 3.95. The summed E-state index contributed by atoms with van der Waals surface area (Å²) in [6.07, 6.45) is 3.15. The van der Waals surface area contributed by atoms with Gasteiger partial charge in [-0.3, -0.25) is 4.68 Å². The fourth-order valence-corrected chi connectivity index (χ4v) is 4.13. The predicted molar refractivity (Wildman–Crippen MR) is 82.4 cm³/mol. The monoisotopic (exact) mass is 321 g/mol. The first kappa shape index (κ1) is 15.1. The average Bonchev–Trinajstić information content (AvgIpc) is 2.94. The molecule has 0 bridgehead atoms. The van der Waals surface area contributed by atoms with Crippen LogP contribution in [-0.2, 0) is 23.0 Å². The first-order chi connectivity index (χ1) is 10.5. The molecule has 1 atom stereocenters. The predicted octanol–water partition coefficient (Wildman–Crippen LogP) is 1.49. The Morgan fingerprint density at radius 2 is 2.18 bits per heavy atom. The second kappa shape index (κ2) is 5.73. The van der Waals surface area contributed by atoms with Crippen LogP contribution in [0.2, 0.25) is 0 Å². The fraction of sp³-hybridized carbons (Fsp3) is 0.400. The topological polar surface area (TPSA) is 73.2 Å². The van der Waals surface area contributed by atoms with E-state index in [1.807, 2.05) is 17.7 Å². The van der Waals surface area contributed by atoms with Crippen LogP contribution in [0.25, 0.3) is 0 Å². The Kier molecular flexibility index (Phi) is 3.92. The number of sulfonamides is 1. The van der Waals surface area contributed by atoms with E-state index in [0.717, 1.165) is 24.2 Å². The van der Waals surface area contributed by atoms with Gasteiger partial charge in [-0.15, -0.1) is 0 Å². The molecule has 3 rings (SSSR count). The number of rotatable bonds is 4. The lowest BCUT2D eigenvalue weighted by Gasteiger charge is -2.24. The molecule has 0 radical (unpaired) electrons. The first-order valence-corrected chi connectivity index (χ1v) is 8.65. The van der Waals surface area contributed by atoms with Crippen molar-refractivity contribution in [2.24, 2.45) is 0 Å². The van der Waals surface area contributed by atoms with Crippen molar-refractivity contribution in [1.29, 1.82) is 0 Å². The van der Waals surface area contributed by atoms with Crippen molar-refractivity contribution in [3.63, 3.8) is 0 Å². The molecular weight excluding hydrogens is 302 g/mol. The zero-order valence-electron chi connectivity index (χ0n) is 12.6. The van der Waals surface area contributed by atoms with Gasteiger partial charge in [0.2, 0.25) is 10.0 Å². The van der Waals surface area contributed by atoms with Crippen molar-refractivity contribution in [1.82, 2.24) is 14.5 Å². The number of aromatic nitrogens is 2. The summed E-state index contributed by atoms with van der Waals surface area (Å²) in [7, 11) is -1.96. The van der Waals surface area contributed by atoms with Gasteiger partial charge in [-0.1, -0.05) is 0 Å². The molecule has 1 aliphatic rings. The molecule has 0 fully saturated rings. The minimum atomic E-state index is -3.53. The molecule has 118 valence electrons. The number of ether oxygens (including phenoxy) is 1. The van der Waals surface area contributed by atoms with Gasteiger partial charge in [-0.2, -0.15) is 5.10 Å². The van der Waals surface area contributed by atoms with Crippen molar-refractivity contribution in [2.45, 2.75) is 37.2 Å². The number of aryl methyl sites for hydroxylation is 2. The minimum Gasteiger partial charge on any atom is -0.496 e. The molecule has 6 nitrogen and oxygen atoms in total. The van der Waals surface area contributed by atoms with Gasteiger partial charge < -0.3 is 4.74 Å². The minimum absolute atomic E-state index is 0.100. The van der Waals surface area contributed by atoms with E-state index in [-0.39, 0.29) is 10.9 Å². The Labute approximate surface area is 130 Å². The maximum Gasteiger partial charge on any atom is 0.240 e. The highest BCUT2D eigenvalue weighted by Crippen LogP contribution is 2.22. The van der Waals surface area contributed by atoms with E-state index in [1.54, 1.807) is 31.5 Å². The van der Waals surface area contributed by atoms with E-state index in [4.69, 9.17) is 4.74 Å². The van der Waals surface area contributed by atoms with Crippen molar-refractivity contribution < 1.29 is 13.2 Å². The molecular formula is C15H19N3O3S. The lowest BCUT2D eigenvalue weighted by Crippen LogP contribution is -2.40. The normalized spacial score (nSPS) is 18.0. The number of fused-ring (bicyclic) bond motifs is 1. The molecule has 1 aliphatic heterocycles. The first-order valence-electron chi connectivity index (χ1n) is 7.17. The number of hydrogen-bond donors (Lipinski definition) is 1. The molecule has 0 unspecified atom stereocenters. The van der Waals surface area contributed by atoms with Crippen LogP contribution in [0.3, 0.4) is 0 Å². The summed E-state index contributed by atoms with van der Waals surface area (Å²) in [6, 6.07) is 6.71. The second-order valence-corrected chi connectivity index (χ2v) is 7.20. The lowest BCUT2D eigenvalue weighted by atomic mass is 10.1. The van der Waals surface area contributed by atoms with Gasteiger partial charge in [0.15, 0.2) is 0 Å². The quantitative estimate of drug-likeness (QED) is 0.926.